The largest absolute Gasteiger partial charge is 0.504 e. The van der Waals surface area contributed by atoms with Gasteiger partial charge in [-0.15, -0.1) is 11.3 Å². The van der Waals surface area contributed by atoms with Crippen molar-refractivity contribution in [3.05, 3.63) is 50.4 Å². The van der Waals surface area contributed by atoms with Crippen molar-refractivity contribution in [3.8, 4) is 11.5 Å². The molecule has 4 rings (SSSR count). The zero-order valence-corrected chi connectivity index (χ0v) is 15.1. The number of aryl methyl sites for hydroxylation is 2. The van der Waals surface area contributed by atoms with Crippen molar-refractivity contribution in [2.24, 2.45) is 0 Å². The van der Waals surface area contributed by atoms with Crippen LogP contribution in [0.15, 0.2) is 23.0 Å². The Bertz CT molecular complexity index is 1090. The fourth-order valence-electron chi connectivity index (χ4n) is 3.26. The Labute approximate surface area is 148 Å². The molecule has 3 aromatic rings. The number of ether oxygens (including phenoxy) is 1. The van der Waals surface area contributed by atoms with Gasteiger partial charge in [-0.25, -0.2) is 4.98 Å². The van der Waals surface area contributed by atoms with E-state index in [4.69, 9.17) is 9.72 Å². The highest BCUT2D eigenvalue weighted by molar-refractivity contribution is 7.18. The second kappa shape index (κ2) is 5.74. The lowest BCUT2D eigenvalue weighted by Crippen LogP contribution is -2.20. The summed E-state index contributed by atoms with van der Waals surface area (Å²) in [6.45, 7) is 4.64. The number of hydrogen-bond donors (Lipinski definition) is 1. The highest BCUT2D eigenvalue weighted by Gasteiger charge is 2.23. The summed E-state index contributed by atoms with van der Waals surface area (Å²) < 4.78 is 6.84. The van der Waals surface area contributed by atoms with Gasteiger partial charge in [0.2, 0.25) is 0 Å². The van der Waals surface area contributed by atoms with Crippen LogP contribution in [0.1, 0.15) is 28.2 Å². The van der Waals surface area contributed by atoms with Crippen molar-refractivity contribution in [2.45, 2.75) is 26.8 Å². The molecule has 6 heteroatoms. The number of aromatic hydroxyl groups is 1. The first-order valence-corrected chi connectivity index (χ1v) is 8.89. The second-order valence-corrected chi connectivity index (χ2v) is 7.41. The minimum absolute atomic E-state index is 0.0443. The van der Waals surface area contributed by atoms with Crippen molar-refractivity contribution in [1.82, 2.24) is 9.55 Å². The molecule has 0 fully saturated rings. The van der Waals surface area contributed by atoms with Crippen molar-refractivity contribution in [2.75, 3.05) is 7.11 Å². The summed E-state index contributed by atoms with van der Waals surface area (Å²) in [7, 11) is 1.52. The predicted molar refractivity (Wildman–Crippen MR) is 101 cm³/mol. The lowest BCUT2D eigenvalue weighted by atomic mass is 10.1. The minimum atomic E-state index is 0.0443. The lowest BCUT2D eigenvalue weighted by molar-refractivity contribution is 0.373. The van der Waals surface area contributed by atoms with E-state index in [1.165, 1.54) is 7.11 Å². The minimum Gasteiger partial charge on any atom is -0.504 e. The van der Waals surface area contributed by atoms with Crippen LogP contribution in [0, 0.1) is 13.8 Å². The Balaban J connectivity index is 1.85. The number of phenols is 1. The summed E-state index contributed by atoms with van der Waals surface area (Å²) in [6, 6.07) is 5.27. The van der Waals surface area contributed by atoms with Crippen molar-refractivity contribution in [1.29, 1.82) is 0 Å². The molecule has 1 aliphatic rings. The molecular weight excluding hydrogens is 336 g/mol. The zero-order valence-electron chi connectivity index (χ0n) is 14.3. The van der Waals surface area contributed by atoms with Gasteiger partial charge in [0.25, 0.3) is 5.56 Å². The molecule has 128 valence electrons. The molecule has 1 aromatic carbocycles. The quantitative estimate of drug-likeness (QED) is 0.761. The SMILES string of the molecule is COc1ccc(C=C2CCn3c2nc2sc(C)c(C)c2c3=O)cc1O. The van der Waals surface area contributed by atoms with Gasteiger partial charge in [-0.1, -0.05) is 6.07 Å². The zero-order chi connectivity index (χ0) is 17.7. The molecule has 3 heterocycles. The van der Waals surface area contributed by atoms with E-state index in [1.54, 1.807) is 28.0 Å². The number of thiophene rings is 1. The van der Waals surface area contributed by atoms with E-state index >= 15 is 0 Å². The molecule has 1 aliphatic heterocycles. The molecule has 0 atom stereocenters. The van der Waals surface area contributed by atoms with E-state index in [9.17, 15) is 9.90 Å². The van der Waals surface area contributed by atoms with Crippen molar-refractivity contribution in [3.63, 3.8) is 0 Å². The van der Waals surface area contributed by atoms with Gasteiger partial charge in [-0.05, 0) is 55.2 Å². The van der Waals surface area contributed by atoms with E-state index in [0.29, 0.717) is 12.3 Å². The summed E-state index contributed by atoms with van der Waals surface area (Å²) in [6.07, 6.45) is 2.73. The maximum atomic E-state index is 12.8. The third-order valence-corrected chi connectivity index (χ3v) is 5.83. The molecule has 0 bridgehead atoms. The molecule has 0 unspecified atom stereocenters. The Morgan fingerprint density at radius 3 is 2.88 bits per heavy atom. The number of methoxy groups -OCH3 is 1. The van der Waals surface area contributed by atoms with Gasteiger partial charge in [0.05, 0.1) is 12.5 Å². The maximum absolute atomic E-state index is 12.8. The van der Waals surface area contributed by atoms with Gasteiger partial charge in [-0.3, -0.25) is 9.36 Å². The first kappa shape index (κ1) is 15.9. The topological polar surface area (TPSA) is 64.4 Å². The Hall–Kier alpha value is -2.60. The van der Waals surface area contributed by atoms with Gasteiger partial charge in [0.1, 0.15) is 10.7 Å². The Morgan fingerprint density at radius 2 is 2.16 bits per heavy atom. The number of nitrogens with zero attached hydrogens (tertiary/aromatic N) is 2. The predicted octanol–water partition coefficient (Wildman–Crippen LogP) is 3.73. The standard InChI is InChI=1S/C19H18N2O3S/c1-10-11(2)25-18-16(10)19(23)21-7-6-13(17(21)20-18)8-12-4-5-15(24-3)14(22)9-12/h4-5,8-9,22H,6-7H2,1-3H3. The number of aromatic nitrogens is 2. The van der Waals surface area contributed by atoms with E-state index in [1.807, 2.05) is 26.0 Å². The molecule has 2 aromatic heterocycles. The molecule has 0 saturated carbocycles. The molecule has 0 radical (unpaired) electrons. The molecule has 0 saturated heterocycles. The lowest BCUT2D eigenvalue weighted by Gasteiger charge is -2.05. The third kappa shape index (κ3) is 2.44. The van der Waals surface area contributed by atoms with Gasteiger partial charge in [0.15, 0.2) is 11.5 Å². The van der Waals surface area contributed by atoms with E-state index in [0.717, 1.165) is 44.0 Å². The molecule has 0 spiro atoms. The maximum Gasteiger partial charge on any atom is 0.262 e. The van der Waals surface area contributed by atoms with E-state index < -0.39 is 0 Å². The van der Waals surface area contributed by atoms with Gasteiger partial charge in [0, 0.05) is 11.4 Å². The number of fused-ring (bicyclic) bond motifs is 2. The summed E-state index contributed by atoms with van der Waals surface area (Å²) in [4.78, 5) is 19.5. The summed E-state index contributed by atoms with van der Waals surface area (Å²) in [5.74, 6) is 1.27. The molecule has 0 aliphatic carbocycles. The van der Waals surface area contributed by atoms with Crippen molar-refractivity contribution < 1.29 is 9.84 Å². The van der Waals surface area contributed by atoms with Crippen LogP contribution in [0.5, 0.6) is 11.5 Å². The van der Waals surface area contributed by atoms with Crippen LogP contribution < -0.4 is 10.3 Å². The van der Waals surface area contributed by atoms with Crippen molar-refractivity contribution >= 4 is 33.2 Å². The van der Waals surface area contributed by atoms with Crippen LogP contribution in [0.2, 0.25) is 0 Å². The highest BCUT2D eigenvalue weighted by Crippen LogP contribution is 2.33. The van der Waals surface area contributed by atoms with Gasteiger partial charge < -0.3 is 9.84 Å². The smallest absolute Gasteiger partial charge is 0.262 e. The molecule has 1 N–H and O–H groups in total. The first-order valence-electron chi connectivity index (χ1n) is 8.08. The van der Waals surface area contributed by atoms with Gasteiger partial charge in [-0.2, -0.15) is 0 Å². The summed E-state index contributed by atoms with van der Waals surface area (Å²) >= 11 is 1.57. The normalized spacial score (nSPS) is 15.1. The fourth-order valence-corrected chi connectivity index (χ4v) is 4.28. The number of phenolic OH excluding ortho intramolecular Hbond substituents is 1. The average molecular weight is 354 g/mol. The van der Waals surface area contributed by atoms with Crippen LogP contribution >= 0.6 is 11.3 Å². The third-order valence-electron chi connectivity index (χ3n) is 4.72. The average Bonchev–Trinajstić information content (AvgIpc) is 3.10. The Kier molecular flexibility index (Phi) is 3.65. The van der Waals surface area contributed by atoms with E-state index in [-0.39, 0.29) is 11.3 Å². The van der Waals surface area contributed by atoms with Crippen LogP contribution in [-0.4, -0.2) is 21.8 Å². The summed E-state index contributed by atoms with van der Waals surface area (Å²) in [5, 5.41) is 10.7. The van der Waals surface area contributed by atoms with Crippen LogP contribution in [0.25, 0.3) is 21.9 Å². The molecule has 25 heavy (non-hydrogen) atoms. The monoisotopic (exact) mass is 354 g/mol. The van der Waals surface area contributed by atoms with Crippen LogP contribution in [0.4, 0.5) is 0 Å². The second-order valence-electron chi connectivity index (χ2n) is 6.21. The Morgan fingerprint density at radius 1 is 1.36 bits per heavy atom. The highest BCUT2D eigenvalue weighted by atomic mass is 32.1. The number of benzene rings is 1. The fraction of sp³-hybridized carbons (Fsp3) is 0.263. The molecular formula is C19H18N2O3S. The van der Waals surface area contributed by atoms with Gasteiger partial charge >= 0.3 is 0 Å². The van der Waals surface area contributed by atoms with Crippen LogP contribution in [0.3, 0.4) is 0 Å². The number of rotatable bonds is 2. The first-order chi connectivity index (χ1) is 12.0. The summed E-state index contributed by atoms with van der Waals surface area (Å²) in [5.41, 5.74) is 2.94. The number of hydrogen-bond acceptors (Lipinski definition) is 5. The molecule has 0 amide bonds. The van der Waals surface area contributed by atoms with E-state index in [2.05, 4.69) is 0 Å². The number of allylic oxidation sites excluding steroid dienone is 1. The van der Waals surface area contributed by atoms with Crippen LogP contribution in [-0.2, 0) is 6.54 Å². The molecule has 5 nitrogen and oxygen atoms in total.